The number of aliphatic hydroxyl groups is 1. The van der Waals surface area contributed by atoms with Gasteiger partial charge in [-0.1, -0.05) is 12.1 Å². The van der Waals surface area contributed by atoms with Crippen LogP contribution in [-0.2, 0) is 6.54 Å². The molecule has 0 bridgehead atoms. The molecule has 2 aromatic rings. The van der Waals surface area contributed by atoms with Crippen molar-refractivity contribution in [2.24, 2.45) is 4.99 Å². The lowest BCUT2D eigenvalue weighted by Crippen LogP contribution is -2.39. The van der Waals surface area contributed by atoms with E-state index in [1.807, 2.05) is 58.9 Å². The van der Waals surface area contributed by atoms with Crippen molar-refractivity contribution in [2.45, 2.75) is 53.4 Å². The molecular formula is C23H35IN4O3. The summed E-state index contributed by atoms with van der Waals surface area (Å²) in [5, 5.41) is 17.0. The number of ether oxygens (including phenoxy) is 2. The average molecular weight is 542 g/mol. The molecule has 1 atom stereocenters. The number of benzene rings is 1. The fourth-order valence-electron chi connectivity index (χ4n) is 3.10. The lowest BCUT2D eigenvalue weighted by molar-refractivity contribution is 0.179. The maximum Gasteiger partial charge on any atom is 0.191 e. The van der Waals surface area contributed by atoms with Gasteiger partial charge in [0.2, 0.25) is 0 Å². The third kappa shape index (κ3) is 8.17. The van der Waals surface area contributed by atoms with E-state index >= 15 is 0 Å². The number of nitrogens with one attached hydrogen (secondary N) is 2. The largest absolute Gasteiger partial charge is 0.496 e. The highest BCUT2D eigenvalue weighted by molar-refractivity contribution is 14.0. The van der Waals surface area contributed by atoms with Gasteiger partial charge < -0.3 is 25.2 Å². The van der Waals surface area contributed by atoms with Gasteiger partial charge >= 0.3 is 0 Å². The second-order valence-corrected chi connectivity index (χ2v) is 7.38. The van der Waals surface area contributed by atoms with Gasteiger partial charge in [-0.3, -0.25) is 4.98 Å². The first-order chi connectivity index (χ1) is 14.3. The van der Waals surface area contributed by atoms with Gasteiger partial charge in [0, 0.05) is 30.4 Å². The van der Waals surface area contributed by atoms with E-state index in [0.29, 0.717) is 25.6 Å². The van der Waals surface area contributed by atoms with Gasteiger partial charge in [-0.25, -0.2) is 4.99 Å². The number of methoxy groups -OCH3 is 1. The molecule has 2 rings (SSSR count). The molecular weight excluding hydrogens is 507 g/mol. The summed E-state index contributed by atoms with van der Waals surface area (Å²) in [7, 11) is 1.66. The SMILES string of the molecule is CCNC(=NCc1ncc(C)c(OC)c1C)NCC(O)c1cccc(OC(C)C)c1.I. The molecule has 0 radical (unpaired) electrons. The van der Waals surface area contributed by atoms with E-state index in [9.17, 15) is 5.11 Å². The van der Waals surface area contributed by atoms with E-state index in [1.54, 1.807) is 13.3 Å². The fraction of sp³-hybridized carbons (Fsp3) is 0.478. The van der Waals surface area contributed by atoms with Crippen LogP contribution in [-0.4, -0.2) is 42.4 Å². The van der Waals surface area contributed by atoms with Gasteiger partial charge in [0.05, 0.1) is 31.6 Å². The Bertz CT molecular complexity index is 859. The predicted molar refractivity (Wildman–Crippen MR) is 136 cm³/mol. The highest BCUT2D eigenvalue weighted by Crippen LogP contribution is 2.24. The molecule has 0 fully saturated rings. The predicted octanol–water partition coefficient (Wildman–Crippen LogP) is 3.90. The number of guanidine groups is 1. The van der Waals surface area contributed by atoms with E-state index in [4.69, 9.17) is 9.47 Å². The Morgan fingerprint density at radius 2 is 1.97 bits per heavy atom. The zero-order valence-electron chi connectivity index (χ0n) is 19.2. The molecule has 0 saturated carbocycles. The minimum atomic E-state index is -0.691. The second-order valence-electron chi connectivity index (χ2n) is 7.38. The number of hydrogen-bond acceptors (Lipinski definition) is 5. The van der Waals surface area contributed by atoms with Crippen molar-refractivity contribution in [3.05, 3.63) is 52.8 Å². The van der Waals surface area contributed by atoms with Crippen LogP contribution in [0, 0.1) is 13.8 Å². The van der Waals surface area contributed by atoms with Gasteiger partial charge in [-0.15, -0.1) is 24.0 Å². The minimum Gasteiger partial charge on any atom is -0.496 e. The molecule has 31 heavy (non-hydrogen) atoms. The first kappa shape index (κ1) is 27.0. The molecule has 0 spiro atoms. The summed E-state index contributed by atoms with van der Waals surface area (Å²) in [4.78, 5) is 9.10. The number of hydrogen-bond donors (Lipinski definition) is 3. The normalized spacial score (nSPS) is 12.2. The van der Waals surface area contributed by atoms with Crippen molar-refractivity contribution >= 4 is 29.9 Å². The summed E-state index contributed by atoms with van der Waals surface area (Å²) in [6, 6.07) is 7.52. The second kappa shape index (κ2) is 13.4. The summed E-state index contributed by atoms with van der Waals surface area (Å²) in [6.45, 7) is 11.3. The van der Waals surface area contributed by atoms with Gasteiger partial charge in [0.25, 0.3) is 0 Å². The summed E-state index contributed by atoms with van der Waals surface area (Å²) < 4.78 is 11.2. The van der Waals surface area contributed by atoms with Crippen molar-refractivity contribution < 1.29 is 14.6 Å². The first-order valence-corrected chi connectivity index (χ1v) is 10.3. The van der Waals surface area contributed by atoms with Crippen LogP contribution in [0.2, 0.25) is 0 Å². The van der Waals surface area contributed by atoms with Crippen LogP contribution in [0.1, 0.15) is 49.3 Å². The van der Waals surface area contributed by atoms with Crippen molar-refractivity contribution in [3.63, 3.8) is 0 Å². The third-order valence-electron chi connectivity index (χ3n) is 4.56. The Kier molecular flexibility index (Phi) is 11.6. The molecule has 1 unspecified atom stereocenters. The highest BCUT2D eigenvalue weighted by atomic mass is 127. The molecule has 1 aromatic carbocycles. The van der Waals surface area contributed by atoms with Crippen LogP contribution in [0.4, 0.5) is 0 Å². The number of aromatic nitrogens is 1. The fourth-order valence-corrected chi connectivity index (χ4v) is 3.10. The van der Waals surface area contributed by atoms with Crippen molar-refractivity contribution in [3.8, 4) is 11.5 Å². The number of nitrogens with zero attached hydrogens (tertiary/aromatic N) is 2. The number of rotatable bonds is 9. The van der Waals surface area contributed by atoms with Gasteiger partial charge in [0.15, 0.2) is 5.96 Å². The number of pyridine rings is 1. The van der Waals surface area contributed by atoms with Gasteiger partial charge in [0.1, 0.15) is 11.5 Å². The lowest BCUT2D eigenvalue weighted by atomic mass is 10.1. The molecule has 0 amide bonds. The van der Waals surface area contributed by atoms with E-state index in [1.165, 1.54) is 0 Å². The molecule has 1 aromatic heterocycles. The number of aliphatic imine (C=N–C) groups is 1. The molecule has 0 aliphatic carbocycles. The Hall–Kier alpha value is -2.07. The van der Waals surface area contributed by atoms with Crippen molar-refractivity contribution in [2.75, 3.05) is 20.2 Å². The molecule has 172 valence electrons. The standard InChI is InChI=1S/C23H34N4O3.HI/c1-7-24-23(26-13-20-17(5)22(29-6)16(4)12-25-20)27-14-21(28)18-9-8-10-19(11-18)30-15(2)3;/h8-12,15,21,28H,7,13-14H2,1-6H3,(H2,24,26,27);1H. The maximum atomic E-state index is 10.6. The van der Waals surface area contributed by atoms with Crippen LogP contribution < -0.4 is 20.1 Å². The van der Waals surface area contributed by atoms with E-state index in [2.05, 4.69) is 20.6 Å². The molecule has 0 aliphatic heterocycles. The molecule has 3 N–H and O–H groups in total. The van der Waals surface area contributed by atoms with Crippen LogP contribution in [0.3, 0.4) is 0 Å². The van der Waals surface area contributed by atoms with Gasteiger partial charge in [-0.2, -0.15) is 0 Å². The molecule has 8 heteroatoms. The Labute approximate surface area is 202 Å². The molecule has 1 heterocycles. The topological polar surface area (TPSA) is 88.0 Å². The average Bonchev–Trinajstić information content (AvgIpc) is 2.71. The first-order valence-electron chi connectivity index (χ1n) is 10.3. The number of aryl methyl sites for hydroxylation is 1. The van der Waals surface area contributed by atoms with E-state index in [-0.39, 0.29) is 30.1 Å². The Morgan fingerprint density at radius 3 is 2.61 bits per heavy atom. The summed E-state index contributed by atoms with van der Waals surface area (Å²) in [5.74, 6) is 2.20. The molecule has 0 aliphatic rings. The quantitative estimate of drug-likeness (QED) is 0.253. The van der Waals surface area contributed by atoms with Crippen LogP contribution in [0.25, 0.3) is 0 Å². The molecule has 7 nitrogen and oxygen atoms in total. The Balaban J connectivity index is 0.00000480. The van der Waals surface area contributed by atoms with Crippen LogP contribution >= 0.6 is 24.0 Å². The minimum absolute atomic E-state index is 0. The zero-order chi connectivity index (χ0) is 22.1. The van der Waals surface area contributed by atoms with E-state index in [0.717, 1.165) is 33.9 Å². The number of halogens is 1. The van der Waals surface area contributed by atoms with E-state index < -0.39 is 6.10 Å². The lowest BCUT2D eigenvalue weighted by Gasteiger charge is -2.17. The van der Waals surface area contributed by atoms with Crippen molar-refractivity contribution in [1.82, 2.24) is 15.6 Å². The monoisotopic (exact) mass is 542 g/mol. The van der Waals surface area contributed by atoms with Crippen LogP contribution in [0.5, 0.6) is 11.5 Å². The zero-order valence-corrected chi connectivity index (χ0v) is 21.6. The maximum absolute atomic E-state index is 10.6. The Morgan fingerprint density at radius 1 is 1.23 bits per heavy atom. The smallest absolute Gasteiger partial charge is 0.191 e. The summed E-state index contributed by atoms with van der Waals surface area (Å²) >= 11 is 0. The number of aliphatic hydroxyl groups excluding tert-OH is 1. The van der Waals surface area contributed by atoms with Crippen molar-refractivity contribution in [1.29, 1.82) is 0 Å². The van der Waals surface area contributed by atoms with Crippen LogP contribution in [0.15, 0.2) is 35.5 Å². The molecule has 0 saturated heterocycles. The summed E-state index contributed by atoms with van der Waals surface area (Å²) in [6.07, 6.45) is 1.19. The van der Waals surface area contributed by atoms with Gasteiger partial charge in [-0.05, 0) is 52.3 Å². The highest BCUT2D eigenvalue weighted by Gasteiger charge is 2.12. The summed E-state index contributed by atoms with van der Waals surface area (Å²) in [5.41, 5.74) is 3.63. The third-order valence-corrected chi connectivity index (χ3v) is 4.56.